The highest BCUT2D eigenvalue weighted by Gasteiger charge is 2.52. The van der Waals surface area contributed by atoms with Crippen molar-refractivity contribution in [2.45, 2.75) is 32.8 Å². The van der Waals surface area contributed by atoms with E-state index in [1.165, 1.54) is 12.1 Å². The molecule has 2 atom stereocenters. The molecule has 1 aliphatic heterocycles. The van der Waals surface area contributed by atoms with E-state index in [2.05, 4.69) is 0 Å². The number of carbonyl (C=O) groups excluding carboxylic acids is 3. The second kappa shape index (κ2) is 4.48. The lowest BCUT2D eigenvalue weighted by atomic mass is 9.85. The standard InChI is InChI=1S/C16H15FO4/c1-16(2)14(19)6-10(15(16)20)13-7-11(18)9-5-8(17)3-4-12(9)21-13/h3-5,10,13H,6-7H2,1-2H3/t10-,13+/m1/s1. The van der Waals surface area contributed by atoms with Gasteiger partial charge in [-0.05, 0) is 32.0 Å². The zero-order chi connectivity index (χ0) is 15.4. The lowest BCUT2D eigenvalue weighted by molar-refractivity contribution is -0.134. The van der Waals surface area contributed by atoms with Gasteiger partial charge in [-0.3, -0.25) is 14.4 Å². The molecule has 1 aromatic rings. The van der Waals surface area contributed by atoms with Gasteiger partial charge in [-0.2, -0.15) is 0 Å². The fraction of sp³-hybridized carbons (Fsp3) is 0.438. The van der Waals surface area contributed by atoms with Gasteiger partial charge in [-0.15, -0.1) is 0 Å². The molecule has 0 N–H and O–H groups in total. The van der Waals surface area contributed by atoms with Crippen LogP contribution in [0.5, 0.6) is 5.75 Å². The quantitative estimate of drug-likeness (QED) is 0.745. The molecule has 1 fully saturated rings. The average molecular weight is 290 g/mol. The maximum atomic E-state index is 13.2. The van der Waals surface area contributed by atoms with Crippen LogP contribution in [0, 0.1) is 17.2 Å². The predicted octanol–water partition coefficient (Wildman–Crippen LogP) is 2.34. The van der Waals surface area contributed by atoms with Crippen LogP contribution in [0.1, 0.15) is 37.0 Å². The SMILES string of the molecule is CC1(C)C(=O)C[C@H]([C@@H]2CC(=O)c3cc(F)ccc3O2)C1=O. The Morgan fingerprint density at radius 3 is 2.52 bits per heavy atom. The molecule has 1 heterocycles. The van der Waals surface area contributed by atoms with Gasteiger partial charge in [0, 0.05) is 12.8 Å². The maximum Gasteiger partial charge on any atom is 0.170 e. The zero-order valence-corrected chi connectivity index (χ0v) is 11.8. The second-order valence-electron chi connectivity index (χ2n) is 6.15. The normalized spacial score (nSPS) is 27.5. The third-order valence-electron chi connectivity index (χ3n) is 4.41. The number of rotatable bonds is 1. The molecule has 0 unspecified atom stereocenters. The summed E-state index contributed by atoms with van der Waals surface area (Å²) in [6.45, 7) is 3.21. The Hall–Kier alpha value is -2.04. The van der Waals surface area contributed by atoms with Crippen LogP contribution in [0.25, 0.3) is 0 Å². The Morgan fingerprint density at radius 1 is 1.19 bits per heavy atom. The minimum absolute atomic E-state index is 0.00375. The molecule has 5 heteroatoms. The highest BCUT2D eigenvalue weighted by Crippen LogP contribution is 2.40. The topological polar surface area (TPSA) is 60.4 Å². The smallest absolute Gasteiger partial charge is 0.170 e. The number of ketones is 3. The first kappa shape index (κ1) is 13.9. The molecular formula is C16H15FO4. The van der Waals surface area contributed by atoms with Crippen molar-refractivity contribution in [3.8, 4) is 5.75 Å². The molecule has 3 rings (SSSR count). The van der Waals surface area contributed by atoms with Crippen LogP contribution in [0.2, 0.25) is 0 Å². The molecule has 0 saturated heterocycles. The Balaban J connectivity index is 1.90. The molecule has 110 valence electrons. The molecule has 0 bridgehead atoms. The number of fused-ring (bicyclic) bond motifs is 1. The van der Waals surface area contributed by atoms with Gasteiger partial charge in [0.15, 0.2) is 11.6 Å². The van der Waals surface area contributed by atoms with Gasteiger partial charge in [-0.1, -0.05) is 0 Å². The van der Waals surface area contributed by atoms with Crippen LogP contribution in [0.3, 0.4) is 0 Å². The number of Topliss-reactive ketones (excluding diaryl/α,β-unsaturated/α-hetero) is 3. The summed E-state index contributed by atoms with van der Waals surface area (Å²) < 4.78 is 18.9. The molecule has 1 aromatic carbocycles. The minimum atomic E-state index is -1.01. The Kier molecular flexibility index (Phi) is 2.97. The van der Waals surface area contributed by atoms with Gasteiger partial charge < -0.3 is 4.74 Å². The highest BCUT2D eigenvalue weighted by molar-refractivity contribution is 6.14. The minimum Gasteiger partial charge on any atom is -0.488 e. The summed E-state index contributed by atoms with van der Waals surface area (Å²) in [5.74, 6) is -1.39. The summed E-state index contributed by atoms with van der Waals surface area (Å²) in [6, 6.07) is 3.74. The zero-order valence-electron chi connectivity index (χ0n) is 11.8. The Bertz CT molecular complexity index is 662. The fourth-order valence-electron chi connectivity index (χ4n) is 2.99. The first-order chi connectivity index (χ1) is 9.80. The van der Waals surface area contributed by atoms with Gasteiger partial charge in [0.1, 0.15) is 23.5 Å². The predicted molar refractivity (Wildman–Crippen MR) is 71.7 cm³/mol. The van der Waals surface area contributed by atoms with Gasteiger partial charge in [0.25, 0.3) is 0 Å². The molecule has 0 spiro atoms. The molecule has 1 aliphatic carbocycles. The average Bonchev–Trinajstić information content (AvgIpc) is 2.63. The fourth-order valence-corrected chi connectivity index (χ4v) is 2.99. The van der Waals surface area contributed by atoms with Gasteiger partial charge >= 0.3 is 0 Å². The summed E-state index contributed by atoms with van der Waals surface area (Å²) in [7, 11) is 0. The van der Waals surface area contributed by atoms with Crippen molar-refractivity contribution in [2.24, 2.45) is 11.3 Å². The van der Waals surface area contributed by atoms with Crippen molar-refractivity contribution in [3.05, 3.63) is 29.6 Å². The lowest BCUT2D eigenvalue weighted by Gasteiger charge is -2.29. The third kappa shape index (κ3) is 2.07. The van der Waals surface area contributed by atoms with Crippen LogP contribution in [-0.4, -0.2) is 23.5 Å². The maximum absolute atomic E-state index is 13.2. The van der Waals surface area contributed by atoms with Crippen LogP contribution in [0.15, 0.2) is 18.2 Å². The van der Waals surface area contributed by atoms with Crippen LogP contribution >= 0.6 is 0 Å². The number of ether oxygens (including phenoxy) is 1. The molecule has 4 nitrogen and oxygen atoms in total. The van der Waals surface area contributed by atoms with Crippen molar-refractivity contribution in [3.63, 3.8) is 0 Å². The van der Waals surface area contributed by atoms with E-state index in [0.717, 1.165) is 6.07 Å². The molecular weight excluding hydrogens is 275 g/mol. The van der Waals surface area contributed by atoms with Crippen molar-refractivity contribution in [2.75, 3.05) is 0 Å². The Labute approximate surface area is 121 Å². The van der Waals surface area contributed by atoms with Gasteiger partial charge in [-0.25, -0.2) is 4.39 Å². The summed E-state index contributed by atoms with van der Waals surface area (Å²) in [5, 5.41) is 0. The molecule has 1 saturated carbocycles. The summed E-state index contributed by atoms with van der Waals surface area (Å²) >= 11 is 0. The first-order valence-corrected chi connectivity index (χ1v) is 6.87. The summed E-state index contributed by atoms with van der Waals surface area (Å²) in [6.07, 6.45) is -0.551. The number of benzene rings is 1. The van der Waals surface area contributed by atoms with Gasteiger partial charge in [0.05, 0.1) is 16.9 Å². The van der Waals surface area contributed by atoms with Crippen LogP contribution in [-0.2, 0) is 9.59 Å². The van der Waals surface area contributed by atoms with Crippen molar-refractivity contribution in [1.29, 1.82) is 0 Å². The van der Waals surface area contributed by atoms with Crippen LogP contribution < -0.4 is 4.74 Å². The number of halogens is 1. The van der Waals surface area contributed by atoms with E-state index in [1.54, 1.807) is 13.8 Å². The number of hydrogen-bond acceptors (Lipinski definition) is 4. The highest BCUT2D eigenvalue weighted by atomic mass is 19.1. The van der Waals surface area contributed by atoms with E-state index in [4.69, 9.17) is 4.74 Å². The summed E-state index contributed by atoms with van der Waals surface area (Å²) in [5.41, 5.74) is -0.817. The van der Waals surface area contributed by atoms with E-state index in [-0.39, 0.29) is 41.5 Å². The van der Waals surface area contributed by atoms with Gasteiger partial charge in [0.2, 0.25) is 0 Å². The van der Waals surface area contributed by atoms with E-state index in [1.807, 2.05) is 0 Å². The number of carbonyl (C=O) groups is 3. The molecule has 0 aromatic heterocycles. The Morgan fingerprint density at radius 2 is 1.90 bits per heavy atom. The van der Waals surface area contributed by atoms with Crippen molar-refractivity contribution < 1.29 is 23.5 Å². The van der Waals surface area contributed by atoms with E-state index in [9.17, 15) is 18.8 Å². The van der Waals surface area contributed by atoms with Crippen molar-refractivity contribution in [1.82, 2.24) is 0 Å². The second-order valence-corrected chi connectivity index (χ2v) is 6.15. The molecule has 2 aliphatic rings. The van der Waals surface area contributed by atoms with E-state index < -0.39 is 23.3 Å². The molecule has 0 amide bonds. The first-order valence-electron chi connectivity index (χ1n) is 6.87. The lowest BCUT2D eigenvalue weighted by Crippen LogP contribution is -2.38. The largest absolute Gasteiger partial charge is 0.488 e. The van der Waals surface area contributed by atoms with E-state index in [0.29, 0.717) is 0 Å². The summed E-state index contributed by atoms with van der Waals surface area (Å²) in [4.78, 5) is 36.4. The third-order valence-corrected chi connectivity index (χ3v) is 4.41. The monoisotopic (exact) mass is 290 g/mol. The molecule has 0 radical (unpaired) electrons. The van der Waals surface area contributed by atoms with Crippen molar-refractivity contribution >= 4 is 17.3 Å². The van der Waals surface area contributed by atoms with E-state index >= 15 is 0 Å². The molecule has 21 heavy (non-hydrogen) atoms. The number of hydrogen-bond donors (Lipinski definition) is 0. The van der Waals surface area contributed by atoms with Crippen LogP contribution in [0.4, 0.5) is 4.39 Å².